The Morgan fingerprint density at radius 1 is 1.05 bits per heavy atom. The number of carbonyl (C=O) groups excluding carboxylic acids is 1. The zero-order chi connectivity index (χ0) is 15.0. The first-order chi connectivity index (χ1) is 10.1. The van der Waals surface area contributed by atoms with Crippen LogP contribution in [-0.2, 0) is 4.79 Å². The normalized spacial score (nSPS) is 37.0. The molecule has 3 nitrogen and oxygen atoms in total. The zero-order valence-electron chi connectivity index (χ0n) is 13.3. The third-order valence-electron chi connectivity index (χ3n) is 5.39. The van der Waals surface area contributed by atoms with Crippen LogP contribution < -0.4 is 5.32 Å². The fourth-order valence-corrected chi connectivity index (χ4v) is 3.79. The lowest BCUT2D eigenvalue weighted by Crippen LogP contribution is -2.43. The number of amides is 1. The predicted molar refractivity (Wildman–Crippen MR) is 84.6 cm³/mol. The van der Waals surface area contributed by atoms with Crippen molar-refractivity contribution in [2.75, 3.05) is 0 Å². The summed E-state index contributed by atoms with van der Waals surface area (Å²) in [6, 6.07) is 10.7. The van der Waals surface area contributed by atoms with Crippen LogP contribution in [0.25, 0.3) is 0 Å². The molecule has 3 rings (SSSR count). The number of nitrogens with one attached hydrogen (secondary N) is 1. The van der Waals surface area contributed by atoms with E-state index < -0.39 is 0 Å². The molecular formula is C18H26N2O. The van der Waals surface area contributed by atoms with E-state index in [1.165, 1.54) is 12.0 Å². The highest BCUT2D eigenvalue weighted by atomic mass is 16.2. The van der Waals surface area contributed by atoms with Gasteiger partial charge in [-0.2, -0.15) is 0 Å². The molecule has 1 aromatic carbocycles. The summed E-state index contributed by atoms with van der Waals surface area (Å²) in [5.41, 5.74) is 1.20. The van der Waals surface area contributed by atoms with E-state index in [1.54, 1.807) is 0 Å². The maximum absolute atomic E-state index is 12.6. The summed E-state index contributed by atoms with van der Waals surface area (Å²) < 4.78 is 0. The van der Waals surface area contributed by atoms with Gasteiger partial charge in [0.2, 0.25) is 5.91 Å². The Hall–Kier alpha value is -1.35. The number of rotatable bonds is 2. The quantitative estimate of drug-likeness (QED) is 0.904. The second kappa shape index (κ2) is 5.80. The van der Waals surface area contributed by atoms with Gasteiger partial charge >= 0.3 is 0 Å². The number of benzene rings is 1. The maximum atomic E-state index is 12.6. The molecular weight excluding hydrogens is 260 g/mol. The van der Waals surface area contributed by atoms with E-state index in [-0.39, 0.29) is 18.1 Å². The first-order valence-corrected chi connectivity index (χ1v) is 8.21. The molecule has 5 unspecified atom stereocenters. The highest BCUT2D eigenvalue weighted by Gasteiger charge is 2.42. The fraction of sp³-hybridized carbons (Fsp3) is 0.611. The van der Waals surface area contributed by atoms with Crippen LogP contribution in [0.15, 0.2) is 30.3 Å². The van der Waals surface area contributed by atoms with Gasteiger partial charge in [0, 0.05) is 6.04 Å². The molecule has 0 bridgehead atoms. The molecule has 21 heavy (non-hydrogen) atoms. The summed E-state index contributed by atoms with van der Waals surface area (Å²) in [6.45, 7) is 6.64. The van der Waals surface area contributed by atoms with Crippen LogP contribution in [0.4, 0.5) is 0 Å². The minimum absolute atomic E-state index is 0.0410. The number of nitrogens with zero attached hydrogens (tertiary/aromatic N) is 1. The highest BCUT2D eigenvalue weighted by Crippen LogP contribution is 2.37. The van der Waals surface area contributed by atoms with Crippen molar-refractivity contribution in [3.63, 3.8) is 0 Å². The molecule has 1 N–H and O–H groups in total. The molecule has 2 fully saturated rings. The molecule has 5 atom stereocenters. The Balaban J connectivity index is 1.85. The molecule has 2 aliphatic rings. The van der Waals surface area contributed by atoms with Crippen molar-refractivity contribution in [2.24, 2.45) is 11.8 Å². The number of hydrogen-bond donors (Lipinski definition) is 1. The van der Waals surface area contributed by atoms with E-state index >= 15 is 0 Å². The standard InChI is InChI=1S/C18H26N2O/c1-12-9-10-16(11-13(12)2)20-17(19-14(3)18(20)21)15-7-5-4-6-8-15/h4-8,12-14,16-17,19H,9-11H2,1-3H3. The summed E-state index contributed by atoms with van der Waals surface area (Å²) in [7, 11) is 0. The van der Waals surface area contributed by atoms with Gasteiger partial charge in [0.15, 0.2) is 0 Å². The number of carbonyl (C=O) groups is 1. The van der Waals surface area contributed by atoms with Gasteiger partial charge in [0.25, 0.3) is 0 Å². The van der Waals surface area contributed by atoms with E-state index in [0.29, 0.717) is 12.0 Å². The average Bonchev–Trinajstić information content (AvgIpc) is 2.79. The van der Waals surface area contributed by atoms with Crippen molar-refractivity contribution in [3.05, 3.63) is 35.9 Å². The van der Waals surface area contributed by atoms with Crippen molar-refractivity contribution in [3.8, 4) is 0 Å². The SMILES string of the molecule is CC1NC(c2ccccc2)N(C2CCC(C)C(C)C2)C1=O. The summed E-state index contributed by atoms with van der Waals surface area (Å²) in [5, 5.41) is 3.47. The summed E-state index contributed by atoms with van der Waals surface area (Å²) in [4.78, 5) is 14.8. The van der Waals surface area contributed by atoms with Crippen molar-refractivity contribution in [1.82, 2.24) is 10.2 Å². The van der Waals surface area contributed by atoms with E-state index in [4.69, 9.17) is 0 Å². The Labute approximate surface area is 127 Å². The molecule has 0 spiro atoms. The molecule has 1 aliphatic heterocycles. The van der Waals surface area contributed by atoms with Gasteiger partial charge in [-0.1, -0.05) is 44.2 Å². The summed E-state index contributed by atoms with van der Waals surface area (Å²) >= 11 is 0. The zero-order valence-corrected chi connectivity index (χ0v) is 13.3. The second-order valence-electron chi connectivity index (χ2n) is 6.87. The largest absolute Gasteiger partial charge is 0.319 e. The summed E-state index contributed by atoms with van der Waals surface area (Å²) in [5.74, 6) is 1.74. The molecule has 1 amide bonds. The predicted octanol–water partition coefficient (Wildman–Crippen LogP) is 3.33. The van der Waals surface area contributed by atoms with E-state index in [0.717, 1.165) is 18.8 Å². The van der Waals surface area contributed by atoms with Gasteiger partial charge in [-0.25, -0.2) is 0 Å². The fourth-order valence-electron chi connectivity index (χ4n) is 3.79. The third-order valence-corrected chi connectivity index (χ3v) is 5.39. The lowest BCUT2D eigenvalue weighted by molar-refractivity contribution is -0.133. The topological polar surface area (TPSA) is 32.3 Å². The Morgan fingerprint density at radius 3 is 2.43 bits per heavy atom. The molecule has 1 heterocycles. The van der Waals surface area contributed by atoms with Gasteiger partial charge in [0.05, 0.1) is 6.04 Å². The molecule has 1 saturated heterocycles. The van der Waals surface area contributed by atoms with Crippen LogP contribution in [0.1, 0.15) is 51.8 Å². The molecule has 114 valence electrons. The first-order valence-electron chi connectivity index (χ1n) is 8.21. The molecule has 1 saturated carbocycles. The van der Waals surface area contributed by atoms with Crippen LogP contribution in [0.5, 0.6) is 0 Å². The molecule has 0 aromatic heterocycles. The minimum Gasteiger partial charge on any atom is -0.319 e. The van der Waals surface area contributed by atoms with E-state index in [1.807, 2.05) is 25.1 Å². The van der Waals surface area contributed by atoms with Crippen LogP contribution in [0.2, 0.25) is 0 Å². The monoisotopic (exact) mass is 286 g/mol. The summed E-state index contributed by atoms with van der Waals surface area (Å²) in [6.07, 6.45) is 3.53. The van der Waals surface area contributed by atoms with Crippen LogP contribution in [-0.4, -0.2) is 22.9 Å². The maximum Gasteiger partial charge on any atom is 0.241 e. The van der Waals surface area contributed by atoms with Crippen LogP contribution in [0.3, 0.4) is 0 Å². The molecule has 0 radical (unpaired) electrons. The van der Waals surface area contributed by atoms with Crippen molar-refractivity contribution in [2.45, 2.75) is 58.3 Å². The van der Waals surface area contributed by atoms with Crippen molar-refractivity contribution < 1.29 is 4.79 Å². The molecule has 1 aromatic rings. The number of hydrogen-bond acceptors (Lipinski definition) is 2. The Kier molecular flexibility index (Phi) is 4.03. The van der Waals surface area contributed by atoms with Gasteiger partial charge < -0.3 is 4.90 Å². The smallest absolute Gasteiger partial charge is 0.241 e. The van der Waals surface area contributed by atoms with E-state index in [2.05, 4.69) is 36.2 Å². The lowest BCUT2D eigenvalue weighted by Gasteiger charge is -2.40. The Morgan fingerprint density at radius 2 is 1.76 bits per heavy atom. The van der Waals surface area contributed by atoms with Gasteiger partial charge in [-0.3, -0.25) is 10.1 Å². The highest BCUT2D eigenvalue weighted by molar-refractivity contribution is 5.84. The minimum atomic E-state index is -0.0788. The van der Waals surface area contributed by atoms with Gasteiger partial charge in [-0.05, 0) is 43.6 Å². The molecule has 1 aliphatic carbocycles. The Bertz CT molecular complexity index is 501. The average molecular weight is 286 g/mol. The van der Waals surface area contributed by atoms with Crippen molar-refractivity contribution >= 4 is 5.91 Å². The van der Waals surface area contributed by atoms with Crippen LogP contribution >= 0.6 is 0 Å². The third kappa shape index (κ3) is 2.71. The lowest BCUT2D eigenvalue weighted by atomic mass is 9.78. The first kappa shape index (κ1) is 14.6. The van der Waals surface area contributed by atoms with Gasteiger partial charge in [0.1, 0.15) is 6.17 Å². The van der Waals surface area contributed by atoms with Crippen LogP contribution in [0, 0.1) is 11.8 Å². The second-order valence-corrected chi connectivity index (χ2v) is 6.87. The van der Waals surface area contributed by atoms with E-state index in [9.17, 15) is 4.79 Å². The molecule has 3 heteroatoms. The van der Waals surface area contributed by atoms with Crippen molar-refractivity contribution in [1.29, 1.82) is 0 Å². The van der Waals surface area contributed by atoms with Gasteiger partial charge in [-0.15, -0.1) is 0 Å².